The Bertz CT molecular complexity index is 713. The number of carbonyl (C=O) groups is 1. The number of aryl methyl sites for hydroxylation is 1. The van der Waals surface area contributed by atoms with Crippen molar-refractivity contribution in [1.82, 2.24) is 15.5 Å². The lowest BCUT2D eigenvalue weighted by atomic mass is 10.0. The topological polar surface area (TPSA) is 54.9 Å². The fraction of sp³-hybridized carbons (Fsp3) is 0.353. The molecule has 106 valence electrons. The first kappa shape index (κ1) is 12.5. The van der Waals surface area contributed by atoms with Gasteiger partial charge < -0.3 is 5.32 Å². The predicted octanol–water partition coefficient (Wildman–Crippen LogP) is 2.10. The van der Waals surface area contributed by atoms with Crippen LogP contribution in [-0.4, -0.2) is 22.6 Å². The Labute approximate surface area is 123 Å². The van der Waals surface area contributed by atoms with Crippen LogP contribution in [0, 0.1) is 18.8 Å². The van der Waals surface area contributed by atoms with E-state index in [1.807, 2.05) is 6.92 Å². The van der Waals surface area contributed by atoms with Gasteiger partial charge in [-0.05, 0) is 48.3 Å². The lowest BCUT2D eigenvalue weighted by Crippen LogP contribution is -2.27. The minimum absolute atomic E-state index is 0.0498. The van der Waals surface area contributed by atoms with Crippen molar-refractivity contribution in [2.75, 3.05) is 6.54 Å². The van der Waals surface area contributed by atoms with E-state index in [4.69, 9.17) is 0 Å². The normalized spacial score (nSPS) is 25.1. The second-order valence-corrected chi connectivity index (χ2v) is 6.05. The molecule has 1 N–H and O–H groups in total. The lowest BCUT2D eigenvalue weighted by Gasteiger charge is -2.09. The number of hydrogen-bond acceptors (Lipinski definition) is 3. The molecule has 2 aromatic rings. The Morgan fingerprint density at radius 1 is 1.38 bits per heavy atom. The molecule has 0 radical (unpaired) electrons. The van der Waals surface area contributed by atoms with E-state index in [-0.39, 0.29) is 5.91 Å². The van der Waals surface area contributed by atoms with Gasteiger partial charge in [-0.1, -0.05) is 24.3 Å². The Hall–Kier alpha value is -2.23. The number of amides is 1. The van der Waals surface area contributed by atoms with Gasteiger partial charge >= 0.3 is 0 Å². The van der Waals surface area contributed by atoms with Crippen molar-refractivity contribution < 1.29 is 4.79 Å². The molecule has 1 saturated carbocycles. The molecule has 0 saturated heterocycles. The summed E-state index contributed by atoms with van der Waals surface area (Å²) in [5.74, 6) is 1.92. The van der Waals surface area contributed by atoms with Crippen LogP contribution in [0.4, 0.5) is 0 Å². The number of fused-ring (bicyclic) bond motifs is 3. The molecule has 21 heavy (non-hydrogen) atoms. The summed E-state index contributed by atoms with van der Waals surface area (Å²) in [6.07, 6.45) is 2.68. The van der Waals surface area contributed by atoms with Crippen molar-refractivity contribution in [3.8, 4) is 0 Å². The summed E-state index contributed by atoms with van der Waals surface area (Å²) >= 11 is 0. The Morgan fingerprint density at radius 2 is 2.24 bits per heavy atom. The minimum Gasteiger partial charge on any atom is -0.352 e. The molecule has 3 atom stereocenters. The van der Waals surface area contributed by atoms with Crippen LogP contribution in [-0.2, 0) is 6.42 Å². The molecule has 4 nitrogen and oxygen atoms in total. The van der Waals surface area contributed by atoms with Crippen LogP contribution in [0.25, 0.3) is 0 Å². The minimum atomic E-state index is -0.0498. The molecule has 2 aliphatic carbocycles. The second kappa shape index (κ2) is 4.65. The van der Waals surface area contributed by atoms with Gasteiger partial charge in [-0.3, -0.25) is 4.79 Å². The van der Waals surface area contributed by atoms with E-state index in [9.17, 15) is 4.79 Å². The molecule has 3 unspecified atom stereocenters. The number of nitrogens with zero attached hydrogens (tertiary/aromatic N) is 2. The number of nitrogens with one attached hydrogen (secondary N) is 1. The first-order valence-electron chi connectivity index (χ1n) is 7.39. The van der Waals surface area contributed by atoms with Gasteiger partial charge in [-0.25, -0.2) is 0 Å². The average Bonchev–Trinajstić information content (AvgIpc) is 3.03. The standard InChI is InChI=1S/C17H17N3O/c1-10-6-12(8-19-20-10)17(21)18-9-15-14-7-11-4-2-3-5-13(11)16(14)15/h2-6,8,14-16H,7,9H2,1H3,(H,18,21). The Morgan fingerprint density at radius 3 is 3.10 bits per heavy atom. The van der Waals surface area contributed by atoms with Gasteiger partial charge in [0.25, 0.3) is 5.91 Å². The van der Waals surface area contributed by atoms with E-state index >= 15 is 0 Å². The maximum absolute atomic E-state index is 12.1. The highest BCUT2D eigenvalue weighted by atomic mass is 16.1. The summed E-state index contributed by atoms with van der Waals surface area (Å²) in [4.78, 5) is 12.1. The Kier molecular flexibility index (Phi) is 2.77. The largest absolute Gasteiger partial charge is 0.352 e. The zero-order chi connectivity index (χ0) is 14.4. The quantitative estimate of drug-likeness (QED) is 0.936. The third-order valence-corrected chi connectivity index (χ3v) is 4.74. The van der Waals surface area contributed by atoms with Crippen molar-refractivity contribution in [1.29, 1.82) is 0 Å². The van der Waals surface area contributed by atoms with Gasteiger partial charge in [-0.2, -0.15) is 10.2 Å². The van der Waals surface area contributed by atoms with Crippen molar-refractivity contribution in [3.05, 3.63) is 58.9 Å². The molecule has 1 heterocycles. The van der Waals surface area contributed by atoms with Crippen molar-refractivity contribution in [3.63, 3.8) is 0 Å². The van der Waals surface area contributed by atoms with Crippen LogP contribution < -0.4 is 5.32 Å². The van der Waals surface area contributed by atoms with Crippen molar-refractivity contribution in [2.45, 2.75) is 19.3 Å². The molecule has 1 fully saturated rings. The SMILES string of the molecule is Cc1cc(C(=O)NCC2C3Cc4ccccc4C23)cnn1. The summed E-state index contributed by atoms with van der Waals surface area (Å²) in [6, 6.07) is 10.5. The number of carbonyl (C=O) groups excluding carboxylic acids is 1. The highest BCUT2D eigenvalue weighted by Gasteiger charge is 2.54. The molecule has 0 spiro atoms. The number of benzene rings is 1. The van der Waals surface area contributed by atoms with E-state index in [2.05, 4.69) is 39.8 Å². The second-order valence-electron chi connectivity index (χ2n) is 6.05. The molecule has 4 rings (SSSR count). The van der Waals surface area contributed by atoms with Gasteiger partial charge in [-0.15, -0.1) is 0 Å². The summed E-state index contributed by atoms with van der Waals surface area (Å²) in [5, 5.41) is 10.7. The number of aromatic nitrogens is 2. The van der Waals surface area contributed by atoms with E-state index in [1.54, 1.807) is 6.07 Å². The first-order valence-corrected chi connectivity index (χ1v) is 7.39. The molecule has 1 aromatic heterocycles. The van der Waals surface area contributed by atoms with Gasteiger partial charge in [0.2, 0.25) is 0 Å². The van der Waals surface area contributed by atoms with Crippen LogP contribution in [0.5, 0.6) is 0 Å². The Balaban J connectivity index is 1.39. The highest BCUT2D eigenvalue weighted by molar-refractivity contribution is 5.93. The highest BCUT2D eigenvalue weighted by Crippen LogP contribution is 2.60. The van der Waals surface area contributed by atoms with Crippen LogP contribution in [0.15, 0.2) is 36.5 Å². The molecular formula is C17H17N3O. The zero-order valence-electron chi connectivity index (χ0n) is 11.9. The molecule has 1 aromatic carbocycles. The third kappa shape index (κ3) is 2.11. The van der Waals surface area contributed by atoms with Crippen LogP contribution in [0.1, 0.15) is 33.1 Å². The fourth-order valence-electron chi connectivity index (χ4n) is 3.67. The summed E-state index contributed by atoms with van der Waals surface area (Å²) < 4.78 is 0. The first-order chi connectivity index (χ1) is 10.2. The molecule has 1 amide bonds. The van der Waals surface area contributed by atoms with Gasteiger partial charge in [0.05, 0.1) is 17.5 Å². The van der Waals surface area contributed by atoms with Crippen LogP contribution in [0.3, 0.4) is 0 Å². The van der Waals surface area contributed by atoms with E-state index < -0.39 is 0 Å². The number of hydrogen-bond donors (Lipinski definition) is 1. The predicted molar refractivity (Wildman–Crippen MR) is 79.0 cm³/mol. The number of rotatable bonds is 3. The molecule has 0 bridgehead atoms. The van der Waals surface area contributed by atoms with E-state index in [0.29, 0.717) is 17.4 Å². The molecule has 0 aliphatic heterocycles. The third-order valence-electron chi connectivity index (χ3n) is 4.74. The fourth-order valence-corrected chi connectivity index (χ4v) is 3.67. The molecule has 4 heteroatoms. The van der Waals surface area contributed by atoms with Crippen LogP contribution >= 0.6 is 0 Å². The summed E-state index contributed by atoms with van der Waals surface area (Å²) in [5.41, 5.74) is 4.33. The monoisotopic (exact) mass is 279 g/mol. The average molecular weight is 279 g/mol. The van der Waals surface area contributed by atoms with Crippen molar-refractivity contribution >= 4 is 5.91 Å². The summed E-state index contributed by atoms with van der Waals surface area (Å²) in [6.45, 7) is 2.59. The van der Waals surface area contributed by atoms with Crippen LogP contribution in [0.2, 0.25) is 0 Å². The van der Waals surface area contributed by atoms with Gasteiger partial charge in [0.1, 0.15) is 0 Å². The molecular weight excluding hydrogens is 262 g/mol. The maximum Gasteiger partial charge on any atom is 0.252 e. The summed E-state index contributed by atoms with van der Waals surface area (Å²) in [7, 11) is 0. The van der Waals surface area contributed by atoms with E-state index in [1.165, 1.54) is 17.3 Å². The maximum atomic E-state index is 12.1. The molecule has 2 aliphatic rings. The van der Waals surface area contributed by atoms with Crippen molar-refractivity contribution in [2.24, 2.45) is 11.8 Å². The lowest BCUT2D eigenvalue weighted by molar-refractivity contribution is 0.0950. The van der Waals surface area contributed by atoms with Gasteiger partial charge in [0.15, 0.2) is 0 Å². The zero-order valence-corrected chi connectivity index (χ0v) is 11.9. The smallest absolute Gasteiger partial charge is 0.252 e. The van der Waals surface area contributed by atoms with E-state index in [0.717, 1.165) is 24.6 Å². The van der Waals surface area contributed by atoms with Gasteiger partial charge in [0, 0.05) is 6.54 Å².